The zero-order chi connectivity index (χ0) is 11.3. The molecule has 0 saturated carbocycles. The van der Waals surface area contributed by atoms with Crippen LogP contribution in [0.1, 0.15) is 18.9 Å². The molecule has 0 fully saturated rings. The Bertz CT molecular complexity index is 306. The van der Waals surface area contributed by atoms with Gasteiger partial charge in [-0.3, -0.25) is 0 Å². The lowest BCUT2D eigenvalue weighted by atomic mass is 9.79. The molecule has 0 spiro atoms. The van der Waals surface area contributed by atoms with Crippen molar-refractivity contribution < 1.29 is 15.3 Å². The van der Waals surface area contributed by atoms with Gasteiger partial charge in [0.15, 0.2) is 0 Å². The Hall–Kier alpha value is -0.875. The molecule has 0 radical (unpaired) electrons. The van der Waals surface area contributed by atoms with Gasteiger partial charge in [-0.15, -0.1) is 0 Å². The van der Waals surface area contributed by atoms with E-state index in [4.69, 9.17) is 10.0 Å². The largest absolute Gasteiger partial charge is 0.488 e. The maximum Gasteiger partial charge on any atom is 0.488 e. The molecule has 0 saturated heterocycles. The summed E-state index contributed by atoms with van der Waals surface area (Å²) < 4.78 is 0. The van der Waals surface area contributed by atoms with E-state index in [0.717, 1.165) is 12.0 Å². The number of hydrogen-bond donors (Lipinski definition) is 3. The summed E-state index contributed by atoms with van der Waals surface area (Å²) in [5, 5.41) is 28.6. The van der Waals surface area contributed by atoms with Crippen LogP contribution in [0, 0.1) is 0 Å². The quantitative estimate of drug-likeness (QED) is 0.470. The van der Waals surface area contributed by atoms with Crippen molar-refractivity contribution >= 4 is 12.6 Å². The maximum atomic E-state index is 9.44. The van der Waals surface area contributed by atoms with Gasteiger partial charge in [-0.1, -0.05) is 31.2 Å². The third-order valence-electron chi connectivity index (χ3n) is 2.10. The van der Waals surface area contributed by atoms with Crippen LogP contribution in [0.3, 0.4) is 0 Å². The number of hydrogen-bond acceptors (Lipinski definition) is 4. The van der Waals surface area contributed by atoms with Crippen molar-refractivity contribution in [2.75, 3.05) is 6.54 Å². The number of rotatable bonds is 5. The SMILES string of the molecule is CCCN(O)Cc1cccc(B(O)O)c1. The Morgan fingerprint density at radius 2 is 2.07 bits per heavy atom. The van der Waals surface area contributed by atoms with Crippen LogP contribution in [-0.4, -0.2) is 34.0 Å². The lowest BCUT2D eigenvalue weighted by Gasteiger charge is -2.13. The smallest absolute Gasteiger partial charge is 0.423 e. The Labute approximate surface area is 89.9 Å². The first kappa shape index (κ1) is 12.2. The summed E-state index contributed by atoms with van der Waals surface area (Å²) in [6, 6.07) is 6.88. The van der Waals surface area contributed by atoms with Crippen molar-refractivity contribution in [1.82, 2.24) is 5.06 Å². The van der Waals surface area contributed by atoms with E-state index < -0.39 is 7.12 Å². The first-order valence-corrected chi connectivity index (χ1v) is 5.02. The van der Waals surface area contributed by atoms with Crippen LogP contribution < -0.4 is 5.46 Å². The molecule has 1 rings (SSSR count). The fourth-order valence-corrected chi connectivity index (χ4v) is 1.40. The van der Waals surface area contributed by atoms with E-state index in [2.05, 4.69) is 0 Å². The van der Waals surface area contributed by atoms with Gasteiger partial charge in [0.05, 0.1) is 0 Å². The minimum Gasteiger partial charge on any atom is -0.423 e. The molecule has 1 aromatic carbocycles. The molecule has 0 unspecified atom stereocenters. The Kier molecular flexibility index (Phi) is 4.78. The normalized spacial score (nSPS) is 10.7. The van der Waals surface area contributed by atoms with Gasteiger partial charge in [0.2, 0.25) is 0 Å². The molecule has 4 nitrogen and oxygen atoms in total. The lowest BCUT2D eigenvalue weighted by molar-refractivity contribution is -0.0989. The predicted octanol–water partition coefficient (Wildman–Crippen LogP) is -0.0324. The van der Waals surface area contributed by atoms with Crippen LogP contribution in [0.5, 0.6) is 0 Å². The third-order valence-corrected chi connectivity index (χ3v) is 2.10. The molecular weight excluding hydrogens is 193 g/mol. The van der Waals surface area contributed by atoms with Gasteiger partial charge < -0.3 is 15.3 Å². The third kappa shape index (κ3) is 4.01. The van der Waals surface area contributed by atoms with Crippen LogP contribution in [0.25, 0.3) is 0 Å². The Balaban J connectivity index is 2.65. The summed E-state index contributed by atoms with van der Waals surface area (Å²) in [4.78, 5) is 0. The van der Waals surface area contributed by atoms with E-state index in [-0.39, 0.29) is 0 Å². The van der Waals surface area contributed by atoms with Crippen molar-refractivity contribution in [3.8, 4) is 0 Å². The van der Waals surface area contributed by atoms with Crippen LogP contribution in [0.15, 0.2) is 24.3 Å². The van der Waals surface area contributed by atoms with Crippen molar-refractivity contribution in [2.45, 2.75) is 19.9 Å². The second-order valence-electron chi connectivity index (χ2n) is 3.51. The van der Waals surface area contributed by atoms with Gasteiger partial charge in [-0.05, 0) is 17.4 Å². The van der Waals surface area contributed by atoms with E-state index >= 15 is 0 Å². The first-order valence-electron chi connectivity index (χ1n) is 5.02. The van der Waals surface area contributed by atoms with Crippen molar-refractivity contribution in [2.24, 2.45) is 0 Å². The number of benzene rings is 1. The minimum absolute atomic E-state index is 0.397. The van der Waals surface area contributed by atoms with Crippen LogP contribution in [0.4, 0.5) is 0 Å². The monoisotopic (exact) mass is 209 g/mol. The minimum atomic E-state index is -1.46. The van der Waals surface area contributed by atoms with E-state index in [9.17, 15) is 5.21 Å². The van der Waals surface area contributed by atoms with E-state index in [1.807, 2.05) is 13.0 Å². The maximum absolute atomic E-state index is 9.44. The van der Waals surface area contributed by atoms with Gasteiger partial charge in [0.25, 0.3) is 0 Å². The molecule has 0 aliphatic rings. The molecule has 3 N–H and O–H groups in total. The number of nitrogens with zero attached hydrogens (tertiary/aromatic N) is 1. The summed E-state index contributed by atoms with van der Waals surface area (Å²) in [5.74, 6) is 0. The molecule has 0 bridgehead atoms. The lowest BCUT2D eigenvalue weighted by Crippen LogP contribution is -2.30. The van der Waals surface area contributed by atoms with E-state index in [0.29, 0.717) is 18.6 Å². The van der Waals surface area contributed by atoms with Gasteiger partial charge in [-0.25, -0.2) is 0 Å². The summed E-state index contributed by atoms with van der Waals surface area (Å²) in [5.41, 5.74) is 1.30. The molecule has 0 amide bonds. The van der Waals surface area contributed by atoms with Gasteiger partial charge in [0, 0.05) is 13.1 Å². The number of hydroxylamine groups is 2. The van der Waals surface area contributed by atoms with Crippen LogP contribution in [0.2, 0.25) is 0 Å². The van der Waals surface area contributed by atoms with Crippen LogP contribution >= 0.6 is 0 Å². The zero-order valence-electron chi connectivity index (χ0n) is 8.80. The second kappa shape index (κ2) is 5.87. The average Bonchev–Trinajstić information content (AvgIpc) is 2.18. The zero-order valence-corrected chi connectivity index (χ0v) is 8.80. The van der Waals surface area contributed by atoms with Gasteiger partial charge in [0.1, 0.15) is 0 Å². The molecule has 0 atom stereocenters. The van der Waals surface area contributed by atoms with Crippen molar-refractivity contribution in [3.05, 3.63) is 29.8 Å². The van der Waals surface area contributed by atoms with Crippen molar-refractivity contribution in [3.63, 3.8) is 0 Å². The van der Waals surface area contributed by atoms with Crippen LogP contribution in [-0.2, 0) is 6.54 Å². The highest BCUT2D eigenvalue weighted by atomic mass is 16.5. The molecule has 0 aromatic heterocycles. The second-order valence-corrected chi connectivity index (χ2v) is 3.51. The molecule has 15 heavy (non-hydrogen) atoms. The molecule has 0 aliphatic heterocycles. The Morgan fingerprint density at radius 1 is 1.33 bits per heavy atom. The predicted molar refractivity (Wildman–Crippen MR) is 58.8 cm³/mol. The summed E-state index contributed by atoms with van der Waals surface area (Å²) in [6.07, 6.45) is 0.874. The molecule has 5 heteroatoms. The molecule has 0 heterocycles. The topological polar surface area (TPSA) is 63.9 Å². The van der Waals surface area contributed by atoms with E-state index in [1.54, 1.807) is 18.2 Å². The highest BCUT2D eigenvalue weighted by Crippen LogP contribution is 2.01. The molecule has 0 aliphatic carbocycles. The van der Waals surface area contributed by atoms with E-state index in [1.165, 1.54) is 5.06 Å². The summed E-state index contributed by atoms with van der Waals surface area (Å²) in [6.45, 7) is 2.98. The molecule has 1 aromatic rings. The Morgan fingerprint density at radius 3 is 2.67 bits per heavy atom. The summed E-state index contributed by atoms with van der Waals surface area (Å²) in [7, 11) is -1.46. The standard InChI is InChI=1S/C10H16BNO3/c1-2-6-12(15)8-9-4-3-5-10(7-9)11(13)14/h3-5,7,13-15H,2,6,8H2,1H3. The van der Waals surface area contributed by atoms with Gasteiger partial charge >= 0.3 is 7.12 Å². The molecular formula is C10H16BNO3. The highest BCUT2D eigenvalue weighted by Gasteiger charge is 2.11. The average molecular weight is 209 g/mol. The van der Waals surface area contributed by atoms with Gasteiger partial charge in [-0.2, -0.15) is 5.06 Å². The summed E-state index contributed by atoms with van der Waals surface area (Å²) >= 11 is 0. The highest BCUT2D eigenvalue weighted by molar-refractivity contribution is 6.58. The van der Waals surface area contributed by atoms with Crippen molar-refractivity contribution in [1.29, 1.82) is 0 Å². The fraction of sp³-hybridized carbons (Fsp3) is 0.400. The fourth-order valence-electron chi connectivity index (χ4n) is 1.40. The first-order chi connectivity index (χ1) is 7.13. The molecule has 82 valence electrons.